The lowest BCUT2D eigenvalue weighted by molar-refractivity contribution is 0.174. The Morgan fingerprint density at radius 3 is 2.61 bits per heavy atom. The summed E-state index contributed by atoms with van der Waals surface area (Å²) in [5.41, 5.74) is 2.51. The van der Waals surface area contributed by atoms with Crippen molar-refractivity contribution in [2.75, 3.05) is 26.3 Å². The van der Waals surface area contributed by atoms with Gasteiger partial charge in [0.1, 0.15) is 0 Å². The number of fused-ring (bicyclic) bond motifs is 2. The molecule has 0 atom stereocenters. The van der Waals surface area contributed by atoms with E-state index in [2.05, 4.69) is 15.3 Å². The van der Waals surface area contributed by atoms with Crippen LogP contribution in [0.1, 0.15) is 0 Å². The summed E-state index contributed by atoms with van der Waals surface area (Å²) >= 11 is 0. The van der Waals surface area contributed by atoms with E-state index in [4.69, 9.17) is 18.9 Å². The van der Waals surface area contributed by atoms with Crippen molar-refractivity contribution >= 4 is 22.7 Å². The number of anilines is 2. The van der Waals surface area contributed by atoms with Gasteiger partial charge in [0.25, 0.3) is 0 Å². The highest BCUT2D eigenvalue weighted by Gasteiger charge is 2.16. The van der Waals surface area contributed by atoms with Crippen LogP contribution in [-0.2, 0) is 0 Å². The van der Waals surface area contributed by atoms with E-state index in [0.29, 0.717) is 23.2 Å². The van der Waals surface area contributed by atoms with E-state index >= 15 is 0 Å². The van der Waals surface area contributed by atoms with Gasteiger partial charge in [0.2, 0.25) is 12.7 Å². The smallest absolute Gasteiger partial charge is 0.231 e. The Hall–Kier alpha value is -3.09. The number of H-pyrrole nitrogens is 1. The normalized spacial score (nSPS) is 12.4. The Balaban J connectivity index is 1.65. The first-order valence-corrected chi connectivity index (χ1v) is 7.05. The number of aromatic amines is 1. The lowest BCUT2D eigenvalue weighted by Crippen LogP contribution is -1.95. The van der Waals surface area contributed by atoms with Crippen LogP contribution >= 0.6 is 0 Å². The fourth-order valence-corrected chi connectivity index (χ4v) is 2.51. The maximum Gasteiger partial charge on any atom is 0.231 e. The van der Waals surface area contributed by atoms with Gasteiger partial charge in [0, 0.05) is 23.9 Å². The average Bonchev–Trinajstić information content (AvgIpc) is 3.17. The molecule has 2 heterocycles. The van der Waals surface area contributed by atoms with E-state index in [1.807, 2.05) is 30.3 Å². The van der Waals surface area contributed by atoms with Crippen LogP contribution in [0.3, 0.4) is 0 Å². The first kappa shape index (κ1) is 13.6. The number of rotatable bonds is 4. The Labute approximate surface area is 132 Å². The highest BCUT2D eigenvalue weighted by Crippen LogP contribution is 2.36. The molecule has 0 bridgehead atoms. The van der Waals surface area contributed by atoms with Crippen molar-refractivity contribution in [1.82, 2.24) is 9.97 Å². The van der Waals surface area contributed by atoms with E-state index < -0.39 is 0 Å². The van der Waals surface area contributed by atoms with Crippen LogP contribution in [0.5, 0.6) is 23.0 Å². The van der Waals surface area contributed by atoms with Gasteiger partial charge in [-0.25, -0.2) is 4.98 Å². The topological polar surface area (TPSA) is 77.6 Å². The molecule has 23 heavy (non-hydrogen) atoms. The van der Waals surface area contributed by atoms with Crippen molar-refractivity contribution in [1.29, 1.82) is 0 Å². The molecule has 0 saturated carbocycles. The first-order chi connectivity index (χ1) is 11.3. The minimum atomic E-state index is 0.249. The molecule has 0 spiro atoms. The SMILES string of the molecule is COc1ccc(Nc2nc3cc4c(cc3[nH]2)OCO4)cc1OC. The highest BCUT2D eigenvalue weighted by atomic mass is 16.7. The van der Waals surface area contributed by atoms with Crippen LogP contribution in [0, 0.1) is 0 Å². The monoisotopic (exact) mass is 313 g/mol. The summed E-state index contributed by atoms with van der Waals surface area (Å²) in [6.45, 7) is 0.249. The molecule has 0 fully saturated rings. The minimum absolute atomic E-state index is 0.249. The van der Waals surface area contributed by atoms with Crippen molar-refractivity contribution < 1.29 is 18.9 Å². The zero-order valence-electron chi connectivity index (χ0n) is 12.7. The number of nitrogens with zero attached hydrogens (tertiary/aromatic N) is 1. The molecule has 118 valence electrons. The number of hydrogen-bond acceptors (Lipinski definition) is 6. The van der Waals surface area contributed by atoms with Crippen LogP contribution in [0.15, 0.2) is 30.3 Å². The summed E-state index contributed by atoms with van der Waals surface area (Å²) < 4.78 is 21.3. The van der Waals surface area contributed by atoms with Crippen molar-refractivity contribution in [2.24, 2.45) is 0 Å². The Kier molecular flexibility index (Phi) is 3.11. The average molecular weight is 313 g/mol. The number of imidazole rings is 1. The number of benzene rings is 2. The summed E-state index contributed by atoms with van der Waals surface area (Å²) in [6.07, 6.45) is 0. The van der Waals surface area contributed by atoms with E-state index in [-0.39, 0.29) is 6.79 Å². The van der Waals surface area contributed by atoms with Gasteiger partial charge in [-0.05, 0) is 12.1 Å². The van der Waals surface area contributed by atoms with Gasteiger partial charge in [-0.3, -0.25) is 0 Å². The molecule has 2 aromatic carbocycles. The molecule has 2 N–H and O–H groups in total. The summed E-state index contributed by atoms with van der Waals surface area (Å²) in [6, 6.07) is 9.30. The molecule has 1 aliphatic rings. The third-order valence-electron chi connectivity index (χ3n) is 3.62. The summed E-state index contributed by atoms with van der Waals surface area (Å²) in [5, 5.41) is 3.21. The van der Waals surface area contributed by atoms with Crippen LogP contribution in [0.2, 0.25) is 0 Å². The molecular weight excluding hydrogens is 298 g/mol. The number of hydrogen-bond donors (Lipinski definition) is 2. The third kappa shape index (κ3) is 2.36. The molecule has 7 nitrogen and oxygen atoms in total. The number of methoxy groups -OCH3 is 2. The molecule has 0 amide bonds. The van der Waals surface area contributed by atoms with Crippen LogP contribution in [0.4, 0.5) is 11.6 Å². The number of aromatic nitrogens is 2. The molecule has 7 heteroatoms. The van der Waals surface area contributed by atoms with Gasteiger partial charge in [0.05, 0.1) is 25.3 Å². The van der Waals surface area contributed by atoms with Gasteiger partial charge in [-0.15, -0.1) is 0 Å². The molecule has 0 unspecified atom stereocenters. The summed E-state index contributed by atoms with van der Waals surface area (Å²) in [4.78, 5) is 7.72. The molecule has 1 aromatic heterocycles. The van der Waals surface area contributed by atoms with Crippen molar-refractivity contribution in [3.05, 3.63) is 30.3 Å². The molecule has 1 aliphatic heterocycles. The van der Waals surface area contributed by atoms with E-state index in [0.717, 1.165) is 22.5 Å². The standard InChI is InChI=1S/C16H15N3O4/c1-20-12-4-3-9(5-13(12)21-2)17-16-18-10-6-14-15(23-8-22-14)7-11(10)19-16/h3-7H,8H2,1-2H3,(H2,17,18,19). The molecule has 3 aromatic rings. The third-order valence-corrected chi connectivity index (χ3v) is 3.62. The lowest BCUT2D eigenvalue weighted by Gasteiger charge is -2.09. The van der Waals surface area contributed by atoms with Gasteiger partial charge in [0.15, 0.2) is 23.0 Å². The predicted molar refractivity (Wildman–Crippen MR) is 85.0 cm³/mol. The predicted octanol–water partition coefficient (Wildman–Crippen LogP) is 3.05. The van der Waals surface area contributed by atoms with E-state index in [9.17, 15) is 0 Å². The highest BCUT2D eigenvalue weighted by molar-refractivity contribution is 5.82. The Morgan fingerprint density at radius 2 is 1.83 bits per heavy atom. The van der Waals surface area contributed by atoms with Gasteiger partial charge < -0.3 is 29.2 Å². The van der Waals surface area contributed by atoms with Gasteiger partial charge >= 0.3 is 0 Å². The largest absolute Gasteiger partial charge is 0.493 e. The van der Waals surface area contributed by atoms with E-state index in [1.165, 1.54) is 0 Å². The van der Waals surface area contributed by atoms with Crippen LogP contribution in [0.25, 0.3) is 11.0 Å². The summed E-state index contributed by atoms with van der Waals surface area (Å²) in [7, 11) is 3.21. The second kappa shape index (κ2) is 5.28. The Morgan fingerprint density at radius 1 is 1.04 bits per heavy atom. The second-order valence-electron chi connectivity index (χ2n) is 5.00. The fourth-order valence-electron chi connectivity index (χ4n) is 2.51. The van der Waals surface area contributed by atoms with E-state index in [1.54, 1.807) is 14.2 Å². The van der Waals surface area contributed by atoms with Crippen molar-refractivity contribution in [2.45, 2.75) is 0 Å². The maximum atomic E-state index is 5.37. The maximum absolute atomic E-state index is 5.37. The molecule has 0 saturated heterocycles. The van der Waals surface area contributed by atoms with Crippen LogP contribution in [-0.4, -0.2) is 31.0 Å². The summed E-state index contributed by atoms with van der Waals surface area (Å²) in [5.74, 6) is 3.37. The number of ether oxygens (including phenoxy) is 4. The van der Waals surface area contributed by atoms with Crippen molar-refractivity contribution in [3.8, 4) is 23.0 Å². The quantitative estimate of drug-likeness (QED) is 0.771. The molecule has 4 rings (SSSR count). The van der Waals surface area contributed by atoms with Gasteiger partial charge in [-0.1, -0.05) is 0 Å². The van der Waals surface area contributed by atoms with Crippen molar-refractivity contribution in [3.63, 3.8) is 0 Å². The lowest BCUT2D eigenvalue weighted by atomic mass is 10.3. The molecule has 0 aliphatic carbocycles. The van der Waals surface area contributed by atoms with Gasteiger partial charge in [-0.2, -0.15) is 0 Å². The Bertz CT molecular complexity index is 834. The second-order valence-corrected chi connectivity index (χ2v) is 5.00. The zero-order valence-corrected chi connectivity index (χ0v) is 12.7. The molecular formula is C16H15N3O4. The first-order valence-electron chi connectivity index (χ1n) is 7.05. The number of nitrogens with one attached hydrogen (secondary N) is 2. The van der Waals surface area contributed by atoms with Crippen LogP contribution < -0.4 is 24.3 Å². The minimum Gasteiger partial charge on any atom is -0.493 e. The zero-order chi connectivity index (χ0) is 15.8. The fraction of sp³-hybridized carbons (Fsp3) is 0.188. The molecule has 0 radical (unpaired) electrons.